The second kappa shape index (κ2) is 18.8. The molecule has 0 aliphatic carbocycles. The van der Waals surface area contributed by atoms with Gasteiger partial charge in [0.05, 0.1) is 13.2 Å². The molecule has 8 nitrogen and oxygen atoms in total. The second-order valence-corrected chi connectivity index (χ2v) is 11.7. The van der Waals surface area contributed by atoms with Crippen LogP contribution in [0.4, 0.5) is 11.4 Å². The molecule has 2 rings (SSSR count). The van der Waals surface area contributed by atoms with E-state index in [2.05, 4.69) is 10.6 Å². The third-order valence-corrected chi connectivity index (χ3v) is 8.08. The highest BCUT2D eigenvalue weighted by Crippen LogP contribution is 2.24. The second-order valence-electron chi connectivity index (χ2n) is 9.19. The highest BCUT2D eigenvalue weighted by molar-refractivity contribution is 8.76. The van der Waals surface area contributed by atoms with Crippen molar-refractivity contribution in [1.29, 1.82) is 0 Å². The van der Waals surface area contributed by atoms with Gasteiger partial charge in [-0.25, -0.2) is 0 Å². The molecule has 2 aromatic carbocycles. The molecule has 0 spiro atoms. The summed E-state index contributed by atoms with van der Waals surface area (Å²) in [5.74, 6) is 3.26. The largest absolute Gasteiger partial charge is 0.494 e. The molecule has 2 amide bonds. The molecule has 0 bridgehead atoms. The Kier molecular flexibility index (Phi) is 15.7. The van der Waals surface area contributed by atoms with Crippen molar-refractivity contribution in [3.63, 3.8) is 0 Å². The van der Waals surface area contributed by atoms with Gasteiger partial charge >= 0.3 is 0 Å². The summed E-state index contributed by atoms with van der Waals surface area (Å²) in [7, 11) is 3.60. The minimum atomic E-state index is -0.0860. The van der Waals surface area contributed by atoms with Crippen molar-refractivity contribution in [2.75, 3.05) is 35.4 Å². The highest BCUT2D eigenvalue weighted by Gasteiger charge is 2.07. The van der Waals surface area contributed by atoms with Crippen LogP contribution in [-0.2, 0) is 9.59 Å². The van der Waals surface area contributed by atoms with Crippen LogP contribution in [-0.4, -0.2) is 48.6 Å². The van der Waals surface area contributed by atoms with E-state index < -0.39 is 0 Å². The number of hydrogen-bond donors (Lipinski definition) is 4. The third-order valence-electron chi connectivity index (χ3n) is 5.47. The monoisotopic (exact) mass is 562 g/mol. The summed E-state index contributed by atoms with van der Waals surface area (Å²) in [6, 6.07) is 15.1. The van der Waals surface area contributed by atoms with Crippen molar-refractivity contribution in [1.82, 2.24) is 0 Å². The highest BCUT2D eigenvalue weighted by atomic mass is 33.1. The molecule has 0 aliphatic rings. The Balaban J connectivity index is 1.41. The molecule has 0 saturated heterocycles. The minimum Gasteiger partial charge on any atom is -0.494 e. The van der Waals surface area contributed by atoms with E-state index in [1.165, 1.54) is 13.8 Å². The average molecular weight is 563 g/mol. The van der Waals surface area contributed by atoms with Gasteiger partial charge in [0.2, 0.25) is 11.8 Å². The number of nitrogens with two attached hydrogens (primary N) is 2. The predicted molar refractivity (Wildman–Crippen MR) is 161 cm³/mol. The number of carbonyl (C=O) groups is 2. The standard InChI is InChI=1S/C28H42N4O4S2/c1-21(33)31-25-9-13-27(14-10-25)35-17-5-3-7-23(29)19-37-38-20-24(30)8-4-6-18-36-28-15-11-26(12-16-28)32-22(2)34/h9-16,23-24H,3-8,17-20,29-30H2,1-2H3,(H,31,33)(H,32,34). The first kappa shape index (κ1) is 31.8. The van der Waals surface area contributed by atoms with E-state index in [0.717, 1.165) is 72.9 Å². The number of amides is 2. The zero-order chi connectivity index (χ0) is 27.6. The Bertz CT molecular complexity index is 867. The third kappa shape index (κ3) is 15.1. The summed E-state index contributed by atoms with van der Waals surface area (Å²) in [5, 5.41) is 5.48. The molecule has 6 N–H and O–H groups in total. The molecular weight excluding hydrogens is 520 g/mol. The fourth-order valence-corrected chi connectivity index (χ4v) is 6.01. The van der Waals surface area contributed by atoms with Gasteiger partial charge in [-0.05, 0) is 87.1 Å². The van der Waals surface area contributed by atoms with E-state index in [9.17, 15) is 9.59 Å². The fraction of sp³-hybridized carbons (Fsp3) is 0.500. The molecule has 0 radical (unpaired) electrons. The molecule has 210 valence electrons. The molecule has 0 heterocycles. The normalized spacial score (nSPS) is 12.4. The average Bonchev–Trinajstić information content (AvgIpc) is 2.87. The van der Waals surface area contributed by atoms with Gasteiger partial charge in [-0.1, -0.05) is 21.6 Å². The van der Waals surface area contributed by atoms with Crippen molar-refractivity contribution in [2.24, 2.45) is 11.5 Å². The lowest BCUT2D eigenvalue weighted by molar-refractivity contribution is -0.115. The molecule has 2 aromatic rings. The Morgan fingerprint density at radius 1 is 0.684 bits per heavy atom. The van der Waals surface area contributed by atoms with Crippen LogP contribution in [0.3, 0.4) is 0 Å². The smallest absolute Gasteiger partial charge is 0.221 e. The Labute approximate surface area is 234 Å². The van der Waals surface area contributed by atoms with E-state index in [0.29, 0.717) is 13.2 Å². The SMILES string of the molecule is CC(=O)Nc1ccc(OCCCCC(N)CSSCC(N)CCCCOc2ccc(NC(C)=O)cc2)cc1. The summed E-state index contributed by atoms with van der Waals surface area (Å²) in [6.07, 6.45) is 5.90. The minimum absolute atomic E-state index is 0.0860. The maximum absolute atomic E-state index is 11.1. The summed E-state index contributed by atoms with van der Waals surface area (Å²) in [4.78, 5) is 22.1. The molecule has 38 heavy (non-hydrogen) atoms. The van der Waals surface area contributed by atoms with Crippen molar-refractivity contribution in [2.45, 2.75) is 64.5 Å². The predicted octanol–water partition coefficient (Wildman–Crippen LogP) is 5.44. The van der Waals surface area contributed by atoms with Crippen molar-refractivity contribution >= 4 is 44.8 Å². The lowest BCUT2D eigenvalue weighted by atomic mass is 10.1. The Hall–Kier alpha value is -2.40. The number of nitrogens with one attached hydrogen (secondary N) is 2. The quantitative estimate of drug-likeness (QED) is 0.132. The van der Waals surface area contributed by atoms with Crippen molar-refractivity contribution in [3.8, 4) is 11.5 Å². The van der Waals surface area contributed by atoms with Crippen LogP contribution < -0.4 is 31.6 Å². The maximum Gasteiger partial charge on any atom is 0.221 e. The van der Waals surface area contributed by atoms with Crippen molar-refractivity contribution in [3.05, 3.63) is 48.5 Å². The first-order chi connectivity index (χ1) is 18.3. The van der Waals surface area contributed by atoms with Crippen LogP contribution >= 0.6 is 21.6 Å². The van der Waals surface area contributed by atoms with Crippen LogP contribution in [0.25, 0.3) is 0 Å². The molecule has 0 aliphatic heterocycles. The summed E-state index contributed by atoms with van der Waals surface area (Å²) in [5.41, 5.74) is 14.0. The van der Waals surface area contributed by atoms with Crippen LogP contribution in [0.15, 0.2) is 48.5 Å². The first-order valence-electron chi connectivity index (χ1n) is 13.1. The summed E-state index contributed by atoms with van der Waals surface area (Å²) in [6.45, 7) is 4.28. The molecule has 0 fully saturated rings. The topological polar surface area (TPSA) is 129 Å². The van der Waals surface area contributed by atoms with Gasteiger partial charge in [-0.3, -0.25) is 9.59 Å². The number of unbranched alkanes of at least 4 members (excludes halogenated alkanes) is 2. The van der Waals surface area contributed by atoms with Crippen LogP contribution in [0.2, 0.25) is 0 Å². The number of ether oxygens (including phenoxy) is 2. The summed E-state index contributed by atoms with van der Waals surface area (Å²) >= 11 is 0. The van der Waals surface area contributed by atoms with E-state index in [1.807, 2.05) is 48.5 Å². The van der Waals surface area contributed by atoms with E-state index in [-0.39, 0.29) is 23.9 Å². The number of carbonyl (C=O) groups excluding carboxylic acids is 2. The zero-order valence-electron chi connectivity index (χ0n) is 22.4. The number of anilines is 2. The van der Waals surface area contributed by atoms with Gasteiger partial charge in [-0.15, -0.1) is 0 Å². The molecule has 0 aromatic heterocycles. The van der Waals surface area contributed by atoms with Gasteiger partial charge in [0.1, 0.15) is 11.5 Å². The number of hydrogen-bond acceptors (Lipinski definition) is 8. The first-order valence-corrected chi connectivity index (χ1v) is 15.6. The van der Waals surface area contributed by atoms with Gasteiger partial charge < -0.3 is 31.6 Å². The van der Waals surface area contributed by atoms with Crippen LogP contribution in [0, 0.1) is 0 Å². The molecule has 0 saturated carbocycles. The van der Waals surface area contributed by atoms with Gasteiger partial charge in [0.25, 0.3) is 0 Å². The van der Waals surface area contributed by atoms with E-state index >= 15 is 0 Å². The van der Waals surface area contributed by atoms with Gasteiger partial charge in [0, 0.05) is 48.8 Å². The Morgan fingerprint density at radius 3 is 1.39 bits per heavy atom. The van der Waals surface area contributed by atoms with E-state index in [4.69, 9.17) is 20.9 Å². The van der Waals surface area contributed by atoms with Crippen LogP contribution in [0.5, 0.6) is 11.5 Å². The van der Waals surface area contributed by atoms with Crippen molar-refractivity contribution < 1.29 is 19.1 Å². The molecule has 2 unspecified atom stereocenters. The van der Waals surface area contributed by atoms with Gasteiger partial charge in [-0.2, -0.15) is 0 Å². The number of benzene rings is 2. The lowest BCUT2D eigenvalue weighted by Gasteiger charge is -2.13. The molecule has 2 atom stereocenters. The zero-order valence-corrected chi connectivity index (χ0v) is 24.1. The van der Waals surface area contributed by atoms with Crippen LogP contribution in [0.1, 0.15) is 52.4 Å². The lowest BCUT2D eigenvalue weighted by Crippen LogP contribution is -2.24. The Morgan fingerprint density at radius 2 is 1.05 bits per heavy atom. The fourth-order valence-electron chi connectivity index (χ4n) is 3.51. The maximum atomic E-state index is 11.1. The number of rotatable bonds is 19. The summed E-state index contributed by atoms with van der Waals surface area (Å²) < 4.78 is 11.5. The molecule has 10 heteroatoms. The van der Waals surface area contributed by atoms with E-state index in [1.54, 1.807) is 21.6 Å². The molecular formula is C28H42N4O4S2. The van der Waals surface area contributed by atoms with Gasteiger partial charge in [0.15, 0.2) is 0 Å².